The summed E-state index contributed by atoms with van der Waals surface area (Å²) in [5, 5.41) is 3.40. The lowest BCUT2D eigenvalue weighted by Gasteiger charge is -2.33. The number of fused-ring (bicyclic) bond motifs is 1. The minimum Gasteiger partial charge on any atom is -0.454 e. The Morgan fingerprint density at radius 3 is 2.60 bits per heavy atom. The predicted molar refractivity (Wildman–Crippen MR) is 91.5 cm³/mol. The monoisotopic (exact) mass is 342 g/mol. The summed E-state index contributed by atoms with van der Waals surface area (Å²) in [5.74, 6) is 0.896. The maximum Gasteiger partial charge on any atom is 0.257 e. The second-order valence-electron chi connectivity index (χ2n) is 6.26. The van der Waals surface area contributed by atoms with Crippen LogP contribution in [-0.4, -0.2) is 36.7 Å². The molecule has 1 N–H and O–H groups in total. The largest absolute Gasteiger partial charge is 0.454 e. The third-order valence-corrected chi connectivity index (χ3v) is 4.62. The number of halogens is 1. The molecule has 2 aromatic carbocycles. The van der Waals surface area contributed by atoms with E-state index < -0.39 is 0 Å². The molecule has 130 valence electrons. The highest BCUT2D eigenvalue weighted by Gasteiger charge is 2.28. The van der Waals surface area contributed by atoms with E-state index in [4.69, 9.17) is 9.47 Å². The number of nitrogens with one attached hydrogen (secondary N) is 1. The number of carbonyl (C=O) groups excluding carboxylic acids is 1. The molecule has 0 saturated carbocycles. The van der Waals surface area contributed by atoms with Gasteiger partial charge in [0.15, 0.2) is 11.5 Å². The molecule has 1 fully saturated rings. The number of anilines is 1. The van der Waals surface area contributed by atoms with Crippen LogP contribution in [0.5, 0.6) is 11.5 Å². The highest BCUT2D eigenvalue weighted by atomic mass is 19.1. The summed E-state index contributed by atoms with van der Waals surface area (Å²) in [7, 11) is 0. The minimum absolute atomic E-state index is 0.0254. The lowest BCUT2D eigenvalue weighted by atomic mass is 10.0. The van der Waals surface area contributed by atoms with Crippen LogP contribution in [-0.2, 0) is 0 Å². The second kappa shape index (κ2) is 6.63. The van der Waals surface area contributed by atoms with Crippen molar-refractivity contribution >= 4 is 11.6 Å². The van der Waals surface area contributed by atoms with E-state index in [2.05, 4.69) is 5.32 Å². The van der Waals surface area contributed by atoms with Gasteiger partial charge in [0.1, 0.15) is 5.82 Å². The zero-order chi connectivity index (χ0) is 17.2. The van der Waals surface area contributed by atoms with Crippen molar-refractivity contribution in [2.24, 2.45) is 0 Å². The number of rotatable bonds is 3. The Labute approximate surface area is 145 Å². The quantitative estimate of drug-likeness (QED) is 0.930. The van der Waals surface area contributed by atoms with Gasteiger partial charge in [-0.25, -0.2) is 4.39 Å². The van der Waals surface area contributed by atoms with Gasteiger partial charge in [-0.15, -0.1) is 0 Å². The molecule has 4 rings (SSSR count). The Hall–Kier alpha value is -2.76. The highest BCUT2D eigenvalue weighted by Crippen LogP contribution is 2.36. The van der Waals surface area contributed by atoms with Crippen LogP contribution in [0.4, 0.5) is 10.1 Å². The number of hydrogen-bond donors (Lipinski definition) is 1. The average Bonchev–Trinajstić information content (AvgIpc) is 3.12. The number of likely N-dealkylation sites (tertiary alicyclic amines) is 1. The third kappa shape index (κ3) is 3.24. The molecule has 5 nitrogen and oxygen atoms in total. The van der Waals surface area contributed by atoms with Crippen molar-refractivity contribution in [3.8, 4) is 11.5 Å². The lowest BCUT2D eigenvalue weighted by molar-refractivity contribution is 0.0714. The maximum atomic E-state index is 13.0. The topological polar surface area (TPSA) is 50.8 Å². The molecule has 2 aromatic rings. The molecule has 0 bridgehead atoms. The standard InChI is InChI=1S/C19H19FN2O3/c20-13-4-6-14(7-5-13)21-15-8-10-22(11-9-15)19(23)16-2-1-3-17-18(16)25-12-24-17/h1-7,15,21H,8-12H2. The van der Waals surface area contributed by atoms with E-state index in [9.17, 15) is 9.18 Å². The Morgan fingerprint density at radius 2 is 1.84 bits per heavy atom. The number of para-hydroxylation sites is 1. The molecule has 0 aliphatic carbocycles. The molecule has 2 aliphatic heterocycles. The molecule has 25 heavy (non-hydrogen) atoms. The van der Waals surface area contributed by atoms with Gasteiger partial charge in [0.2, 0.25) is 6.79 Å². The highest BCUT2D eigenvalue weighted by molar-refractivity contribution is 5.98. The number of nitrogens with zero attached hydrogens (tertiary/aromatic N) is 1. The number of benzene rings is 2. The summed E-state index contributed by atoms with van der Waals surface area (Å²) in [4.78, 5) is 14.6. The lowest BCUT2D eigenvalue weighted by Crippen LogP contribution is -2.42. The third-order valence-electron chi connectivity index (χ3n) is 4.62. The summed E-state index contributed by atoms with van der Waals surface area (Å²) < 4.78 is 23.7. The van der Waals surface area contributed by atoms with Gasteiger partial charge in [-0.3, -0.25) is 4.79 Å². The van der Waals surface area contributed by atoms with E-state index in [0.717, 1.165) is 18.5 Å². The van der Waals surface area contributed by atoms with Crippen LogP contribution in [0.1, 0.15) is 23.2 Å². The summed E-state index contributed by atoms with van der Waals surface area (Å²) >= 11 is 0. The molecule has 2 heterocycles. The fraction of sp³-hybridized carbons (Fsp3) is 0.316. The number of piperidine rings is 1. The van der Waals surface area contributed by atoms with Crippen molar-refractivity contribution in [3.05, 3.63) is 53.8 Å². The van der Waals surface area contributed by atoms with Crippen LogP contribution in [0, 0.1) is 5.82 Å². The van der Waals surface area contributed by atoms with Crippen LogP contribution in [0.3, 0.4) is 0 Å². The molecule has 6 heteroatoms. The maximum absolute atomic E-state index is 13.0. The number of amides is 1. The van der Waals surface area contributed by atoms with Crippen molar-refractivity contribution in [1.82, 2.24) is 4.90 Å². The van der Waals surface area contributed by atoms with E-state index in [1.165, 1.54) is 12.1 Å². The first-order valence-corrected chi connectivity index (χ1v) is 8.41. The van der Waals surface area contributed by atoms with Gasteiger partial charge < -0.3 is 19.7 Å². The zero-order valence-electron chi connectivity index (χ0n) is 13.7. The van der Waals surface area contributed by atoms with Gasteiger partial charge in [0.05, 0.1) is 5.56 Å². The van der Waals surface area contributed by atoms with Crippen LogP contribution in [0.25, 0.3) is 0 Å². The number of carbonyl (C=O) groups is 1. The normalized spacial score (nSPS) is 16.8. The summed E-state index contributed by atoms with van der Waals surface area (Å²) in [6, 6.07) is 12.0. The molecule has 1 amide bonds. The van der Waals surface area contributed by atoms with E-state index in [-0.39, 0.29) is 24.6 Å². The summed E-state index contributed by atoms with van der Waals surface area (Å²) in [6.07, 6.45) is 1.69. The second-order valence-corrected chi connectivity index (χ2v) is 6.26. The molecule has 2 aliphatic rings. The van der Waals surface area contributed by atoms with Gasteiger partial charge in [0.25, 0.3) is 5.91 Å². The first-order valence-electron chi connectivity index (χ1n) is 8.41. The van der Waals surface area contributed by atoms with Crippen LogP contribution < -0.4 is 14.8 Å². The minimum atomic E-state index is -0.243. The van der Waals surface area contributed by atoms with Gasteiger partial charge in [0, 0.05) is 24.8 Å². The fourth-order valence-electron chi connectivity index (χ4n) is 3.28. The van der Waals surface area contributed by atoms with Gasteiger partial charge in [-0.1, -0.05) is 6.07 Å². The number of hydrogen-bond acceptors (Lipinski definition) is 4. The zero-order valence-corrected chi connectivity index (χ0v) is 13.7. The van der Waals surface area contributed by atoms with Crippen molar-refractivity contribution in [1.29, 1.82) is 0 Å². The van der Waals surface area contributed by atoms with Gasteiger partial charge >= 0.3 is 0 Å². The van der Waals surface area contributed by atoms with Crippen molar-refractivity contribution < 1.29 is 18.7 Å². The fourth-order valence-corrected chi connectivity index (χ4v) is 3.28. The molecule has 0 spiro atoms. The first kappa shape index (κ1) is 15.7. The molecule has 0 aromatic heterocycles. The van der Waals surface area contributed by atoms with E-state index in [1.54, 1.807) is 24.3 Å². The number of ether oxygens (including phenoxy) is 2. The van der Waals surface area contributed by atoms with Crippen molar-refractivity contribution in [3.63, 3.8) is 0 Å². The Balaban J connectivity index is 1.38. The van der Waals surface area contributed by atoms with Crippen molar-refractivity contribution in [2.45, 2.75) is 18.9 Å². The first-order chi connectivity index (χ1) is 12.2. The Morgan fingerprint density at radius 1 is 1.08 bits per heavy atom. The predicted octanol–water partition coefficient (Wildman–Crippen LogP) is 3.27. The van der Waals surface area contributed by atoms with Crippen LogP contribution >= 0.6 is 0 Å². The van der Waals surface area contributed by atoms with Gasteiger partial charge in [-0.2, -0.15) is 0 Å². The Bertz CT molecular complexity index is 771. The van der Waals surface area contributed by atoms with E-state index >= 15 is 0 Å². The molecule has 0 atom stereocenters. The Kier molecular flexibility index (Phi) is 4.17. The smallest absolute Gasteiger partial charge is 0.257 e. The molecular formula is C19H19FN2O3. The van der Waals surface area contributed by atoms with Crippen LogP contribution in [0.15, 0.2) is 42.5 Å². The average molecular weight is 342 g/mol. The molecule has 1 saturated heterocycles. The SMILES string of the molecule is O=C(c1cccc2c1OCO2)N1CCC(Nc2ccc(F)cc2)CC1. The summed E-state index contributed by atoms with van der Waals surface area (Å²) in [5.41, 5.74) is 1.46. The van der Waals surface area contributed by atoms with E-state index in [1.807, 2.05) is 11.0 Å². The summed E-state index contributed by atoms with van der Waals surface area (Å²) in [6.45, 7) is 1.49. The molecular weight excluding hydrogens is 323 g/mol. The van der Waals surface area contributed by atoms with Crippen LogP contribution in [0.2, 0.25) is 0 Å². The van der Waals surface area contributed by atoms with Gasteiger partial charge in [-0.05, 0) is 49.2 Å². The van der Waals surface area contributed by atoms with E-state index in [0.29, 0.717) is 30.2 Å². The molecule has 0 unspecified atom stereocenters. The molecule has 0 radical (unpaired) electrons. The van der Waals surface area contributed by atoms with Crippen molar-refractivity contribution in [2.75, 3.05) is 25.2 Å².